The molecule has 1 saturated carbocycles. The molecule has 0 N–H and O–H groups in total. The van der Waals surface area contributed by atoms with Gasteiger partial charge in [0.1, 0.15) is 0 Å². The molecule has 0 amide bonds. The Morgan fingerprint density at radius 1 is 1.40 bits per heavy atom. The molecule has 15 heavy (non-hydrogen) atoms. The molecule has 1 heterocycles. The zero-order valence-electron chi connectivity index (χ0n) is 9.06. The average molecular weight is 229 g/mol. The number of halogens is 1. The minimum Gasteiger partial charge on any atom is -0.228 e. The third kappa shape index (κ3) is 2.68. The summed E-state index contributed by atoms with van der Waals surface area (Å²) >= 11 is 6.00. The first-order valence-electron chi connectivity index (χ1n) is 5.67. The Labute approximate surface area is 95.0 Å². The van der Waals surface area contributed by atoms with Gasteiger partial charge < -0.3 is 0 Å². The molecule has 2 rings (SSSR count). The third-order valence-corrected chi connectivity index (χ3v) is 3.27. The SMILES string of the molecule is CC(Cl)c1nnnn1CC1CCCCC1. The molecule has 0 spiro atoms. The van der Waals surface area contributed by atoms with Gasteiger partial charge in [0.25, 0.3) is 0 Å². The van der Waals surface area contributed by atoms with Crippen molar-refractivity contribution in [3.63, 3.8) is 0 Å². The number of rotatable bonds is 3. The van der Waals surface area contributed by atoms with Gasteiger partial charge >= 0.3 is 0 Å². The fourth-order valence-electron chi connectivity index (χ4n) is 2.24. The second kappa shape index (κ2) is 4.92. The van der Waals surface area contributed by atoms with Crippen LogP contribution >= 0.6 is 11.6 Å². The molecule has 1 aromatic heterocycles. The number of alkyl halides is 1. The van der Waals surface area contributed by atoms with Gasteiger partial charge in [0.15, 0.2) is 5.82 Å². The number of nitrogens with zero attached hydrogens (tertiary/aromatic N) is 4. The van der Waals surface area contributed by atoms with Crippen molar-refractivity contribution in [2.75, 3.05) is 0 Å². The Morgan fingerprint density at radius 3 is 2.80 bits per heavy atom. The normalized spacial score (nSPS) is 20.4. The van der Waals surface area contributed by atoms with Gasteiger partial charge in [0.05, 0.1) is 5.38 Å². The van der Waals surface area contributed by atoms with Crippen LogP contribution in [0.2, 0.25) is 0 Å². The highest BCUT2D eigenvalue weighted by Crippen LogP contribution is 2.26. The van der Waals surface area contributed by atoms with E-state index in [1.54, 1.807) is 0 Å². The minimum atomic E-state index is -0.108. The number of hydrogen-bond donors (Lipinski definition) is 0. The topological polar surface area (TPSA) is 43.6 Å². The number of aromatic nitrogens is 4. The van der Waals surface area contributed by atoms with Crippen molar-refractivity contribution in [3.05, 3.63) is 5.82 Å². The highest BCUT2D eigenvalue weighted by Gasteiger charge is 2.18. The highest BCUT2D eigenvalue weighted by atomic mass is 35.5. The summed E-state index contributed by atoms with van der Waals surface area (Å²) in [5, 5.41) is 11.5. The molecular weight excluding hydrogens is 212 g/mol. The molecule has 4 nitrogen and oxygen atoms in total. The minimum absolute atomic E-state index is 0.108. The molecule has 0 aliphatic heterocycles. The Morgan fingerprint density at radius 2 is 2.13 bits per heavy atom. The standard InChI is InChI=1S/C10H17ClN4/c1-8(11)10-12-13-14-15(10)7-9-5-3-2-4-6-9/h8-9H,2-7H2,1H3. The maximum atomic E-state index is 6.00. The fourth-order valence-corrected chi connectivity index (χ4v) is 2.40. The summed E-state index contributed by atoms with van der Waals surface area (Å²) in [6, 6.07) is 0. The van der Waals surface area contributed by atoms with Gasteiger partial charge in [0.2, 0.25) is 0 Å². The van der Waals surface area contributed by atoms with Crippen LogP contribution in [0.15, 0.2) is 0 Å². The fraction of sp³-hybridized carbons (Fsp3) is 0.900. The van der Waals surface area contributed by atoms with Crippen LogP contribution in [0.4, 0.5) is 0 Å². The zero-order chi connectivity index (χ0) is 10.7. The summed E-state index contributed by atoms with van der Waals surface area (Å²) in [6.45, 7) is 2.84. The molecule has 0 radical (unpaired) electrons. The third-order valence-electron chi connectivity index (χ3n) is 3.07. The maximum absolute atomic E-state index is 6.00. The van der Waals surface area contributed by atoms with E-state index in [2.05, 4.69) is 15.5 Å². The van der Waals surface area contributed by atoms with Crippen molar-refractivity contribution in [2.24, 2.45) is 5.92 Å². The van der Waals surface area contributed by atoms with Crippen LogP contribution in [-0.4, -0.2) is 20.2 Å². The molecule has 0 bridgehead atoms. The summed E-state index contributed by atoms with van der Waals surface area (Å²) in [5.41, 5.74) is 0. The van der Waals surface area contributed by atoms with Gasteiger partial charge in [-0.25, -0.2) is 4.68 Å². The molecule has 1 fully saturated rings. The molecule has 1 atom stereocenters. The van der Waals surface area contributed by atoms with Crippen molar-refractivity contribution in [2.45, 2.75) is 50.9 Å². The second-order valence-corrected chi connectivity index (χ2v) is 4.99. The van der Waals surface area contributed by atoms with E-state index in [0.717, 1.165) is 18.3 Å². The van der Waals surface area contributed by atoms with Gasteiger partial charge in [0, 0.05) is 6.54 Å². The van der Waals surface area contributed by atoms with Crippen LogP contribution < -0.4 is 0 Å². The van der Waals surface area contributed by atoms with Crippen molar-refractivity contribution < 1.29 is 0 Å². The maximum Gasteiger partial charge on any atom is 0.168 e. The molecule has 0 saturated heterocycles. The lowest BCUT2D eigenvalue weighted by Crippen LogP contribution is -2.17. The summed E-state index contributed by atoms with van der Waals surface area (Å²) < 4.78 is 1.87. The Balaban J connectivity index is 1.99. The summed E-state index contributed by atoms with van der Waals surface area (Å²) in [7, 11) is 0. The molecule has 84 valence electrons. The lowest BCUT2D eigenvalue weighted by molar-refractivity contribution is 0.302. The van der Waals surface area contributed by atoms with Crippen molar-refractivity contribution in [1.82, 2.24) is 20.2 Å². The predicted molar refractivity (Wildman–Crippen MR) is 58.7 cm³/mol. The van der Waals surface area contributed by atoms with Crippen LogP contribution in [0.1, 0.15) is 50.2 Å². The van der Waals surface area contributed by atoms with Gasteiger partial charge in [-0.1, -0.05) is 19.3 Å². The number of tetrazole rings is 1. The first-order valence-corrected chi connectivity index (χ1v) is 6.11. The van der Waals surface area contributed by atoms with Crippen LogP contribution in [0.5, 0.6) is 0 Å². The van der Waals surface area contributed by atoms with Gasteiger partial charge in [-0.2, -0.15) is 0 Å². The van der Waals surface area contributed by atoms with Crippen LogP contribution in [0.25, 0.3) is 0 Å². The lowest BCUT2D eigenvalue weighted by Gasteiger charge is -2.21. The summed E-state index contributed by atoms with van der Waals surface area (Å²) in [6.07, 6.45) is 6.67. The monoisotopic (exact) mass is 228 g/mol. The highest BCUT2D eigenvalue weighted by molar-refractivity contribution is 6.20. The van der Waals surface area contributed by atoms with E-state index in [-0.39, 0.29) is 5.38 Å². The second-order valence-electron chi connectivity index (χ2n) is 4.34. The van der Waals surface area contributed by atoms with Crippen molar-refractivity contribution in [1.29, 1.82) is 0 Å². The van der Waals surface area contributed by atoms with E-state index in [1.165, 1.54) is 32.1 Å². The average Bonchev–Trinajstić information content (AvgIpc) is 2.67. The van der Waals surface area contributed by atoms with Crippen LogP contribution in [-0.2, 0) is 6.54 Å². The lowest BCUT2D eigenvalue weighted by atomic mass is 9.89. The van der Waals surface area contributed by atoms with Gasteiger partial charge in [-0.05, 0) is 36.1 Å². The largest absolute Gasteiger partial charge is 0.228 e. The van der Waals surface area contributed by atoms with E-state index < -0.39 is 0 Å². The van der Waals surface area contributed by atoms with Crippen molar-refractivity contribution >= 4 is 11.6 Å². The summed E-state index contributed by atoms with van der Waals surface area (Å²) in [4.78, 5) is 0. The van der Waals surface area contributed by atoms with E-state index in [0.29, 0.717) is 0 Å². The van der Waals surface area contributed by atoms with Gasteiger partial charge in [-0.15, -0.1) is 16.7 Å². The Kier molecular flexibility index (Phi) is 3.57. The smallest absolute Gasteiger partial charge is 0.168 e. The van der Waals surface area contributed by atoms with E-state index in [4.69, 9.17) is 11.6 Å². The Bertz CT molecular complexity index is 304. The molecule has 0 aromatic carbocycles. The Hall–Kier alpha value is -0.640. The van der Waals surface area contributed by atoms with E-state index >= 15 is 0 Å². The molecule has 5 heteroatoms. The first-order chi connectivity index (χ1) is 7.27. The number of hydrogen-bond acceptors (Lipinski definition) is 3. The van der Waals surface area contributed by atoms with Gasteiger partial charge in [-0.3, -0.25) is 0 Å². The molecule has 1 aromatic rings. The summed E-state index contributed by atoms with van der Waals surface area (Å²) in [5.74, 6) is 1.53. The molecule has 1 aliphatic carbocycles. The molecule has 1 unspecified atom stereocenters. The quantitative estimate of drug-likeness (QED) is 0.747. The first kappa shape index (κ1) is 10.9. The van der Waals surface area contributed by atoms with E-state index in [1.807, 2.05) is 11.6 Å². The predicted octanol–water partition coefficient (Wildman–Crippen LogP) is 2.55. The van der Waals surface area contributed by atoms with Crippen molar-refractivity contribution in [3.8, 4) is 0 Å². The van der Waals surface area contributed by atoms with Crippen LogP contribution in [0, 0.1) is 5.92 Å². The zero-order valence-corrected chi connectivity index (χ0v) is 9.82. The van der Waals surface area contributed by atoms with E-state index in [9.17, 15) is 0 Å². The van der Waals surface area contributed by atoms with Crippen LogP contribution in [0.3, 0.4) is 0 Å². The molecular formula is C10H17ClN4. The molecule has 1 aliphatic rings.